The Morgan fingerprint density at radius 3 is 2.33 bits per heavy atom. The van der Waals surface area contributed by atoms with Crippen LogP contribution in [0.15, 0.2) is 11.3 Å². The Morgan fingerprint density at radius 1 is 1.07 bits per heavy atom. The molecule has 2 aliphatic carbocycles. The summed E-state index contributed by atoms with van der Waals surface area (Å²) in [5, 5.41) is 10.8. The molecule has 3 aliphatic rings. The zero-order valence-corrected chi connectivity index (χ0v) is 16.9. The number of hydrogen-bond acceptors (Lipinski definition) is 4. The van der Waals surface area contributed by atoms with E-state index < -0.39 is 11.7 Å². The van der Waals surface area contributed by atoms with Gasteiger partial charge < -0.3 is 9.84 Å². The van der Waals surface area contributed by atoms with E-state index in [9.17, 15) is 14.7 Å². The topological polar surface area (TPSA) is 63.6 Å². The van der Waals surface area contributed by atoms with E-state index in [1.54, 1.807) is 6.92 Å². The third-order valence-electron chi connectivity index (χ3n) is 6.97. The van der Waals surface area contributed by atoms with Crippen LogP contribution >= 0.6 is 0 Å². The van der Waals surface area contributed by atoms with Gasteiger partial charge in [0, 0.05) is 6.42 Å². The smallest absolute Gasteiger partial charge is 0.165 e. The number of ketones is 1. The Labute approximate surface area is 163 Å². The van der Waals surface area contributed by atoms with E-state index in [-0.39, 0.29) is 23.0 Å². The maximum absolute atomic E-state index is 12.9. The van der Waals surface area contributed by atoms with Crippen LogP contribution in [0.3, 0.4) is 0 Å². The highest BCUT2D eigenvalue weighted by Gasteiger charge is 2.49. The van der Waals surface area contributed by atoms with Crippen molar-refractivity contribution in [2.24, 2.45) is 11.8 Å². The molecule has 27 heavy (non-hydrogen) atoms. The molecule has 0 aromatic heterocycles. The van der Waals surface area contributed by atoms with Crippen molar-refractivity contribution >= 4 is 12.1 Å². The van der Waals surface area contributed by atoms with Gasteiger partial charge in [-0.3, -0.25) is 9.59 Å². The van der Waals surface area contributed by atoms with Crippen LogP contribution in [-0.2, 0) is 14.3 Å². The molecule has 4 nitrogen and oxygen atoms in total. The van der Waals surface area contributed by atoms with Crippen LogP contribution in [0.1, 0.15) is 96.8 Å². The van der Waals surface area contributed by atoms with Crippen LogP contribution in [-0.4, -0.2) is 28.9 Å². The summed E-state index contributed by atoms with van der Waals surface area (Å²) >= 11 is 0. The summed E-state index contributed by atoms with van der Waals surface area (Å²) in [6.45, 7) is 1.63. The van der Waals surface area contributed by atoms with E-state index in [1.165, 1.54) is 44.9 Å². The highest BCUT2D eigenvalue weighted by Crippen LogP contribution is 2.42. The molecule has 0 radical (unpaired) electrons. The van der Waals surface area contributed by atoms with E-state index in [0.717, 1.165) is 44.4 Å². The summed E-state index contributed by atoms with van der Waals surface area (Å²) in [6, 6.07) is 0. The second kappa shape index (κ2) is 9.36. The van der Waals surface area contributed by atoms with E-state index in [2.05, 4.69) is 0 Å². The molecule has 3 rings (SSSR count). The van der Waals surface area contributed by atoms with Crippen molar-refractivity contribution in [3.8, 4) is 0 Å². The molecule has 0 spiro atoms. The molecule has 1 heterocycles. The number of aldehydes is 1. The highest BCUT2D eigenvalue weighted by molar-refractivity contribution is 6.02. The highest BCUT2D eigenvalue weighted by atomic mass is 16.5. The van der Waals surface area contributed by atoms with Crippen LogP contribution in [0.5, 0.6) is 0 Å². The molecule has 0 saturated heterocycles. The number of aliphatic hydroxyl groups excluding tert-OH is 1. The van der Waals surface area contributed by atoms with Crippen LogP contribution in [0, 0.1) is 11.8 Å². The van der Waals surface area contributed by atoms with E-state index in [0.29, 0.717) is 12.7 Å². The molecule has 2 atom stereocenters. The van der Waals surface area contributed by atoms with Gasteiger partial charge >= 0.3 is 0 Å². The van der Waals surface area contributed by atoms with Crippen molar-refractivity contribution in [3.05, 3.63) is 11.3 Å². The Balaban J connectivity index is 1.57. The molecule has 0 aromatic carbocycles. The number of ether oxygens (including phenoxy) is 1. The predicted octanol–water partition coefficient (Wildman–Crippen LogP) is 5.45. The zero-order chi connectivity index (χ0) is 19.3. The van der Waals surface area contributed by atoms with Gasteiger partial charge in [0.25, 0.3) is 0 Å². The minimum Gasteiger partial charge on any atom is -0.509 e. The fourth-order valence-corrected chi connectivity index (χ4v) is 5.36. The van der Waals surface area contributed by atoms with Crippen molar-refractivity contribution in [2.45, 2.75) is 109 Å². The molecule has 0 amide bonds. The molecule has 0 aromatic rings. The van der Waals surface area contributed by atoms with Crippen molar-refractivity contribution in [1.82, 2.24) is 0 Å². The lowest BCUT2D eigenvalue weighted by molar-refractivity contribution is -0.132. The van der Waals surface area contributed by atoms with Gasteiger partial charge in [-0.05, 0) is 38.0 Å². The summed E-state index contributed by atoms with van der Waals surface area (Å²) in [4.78, 5) is 24.6. The van der Waals surface area contributed by atoms with Crippen LogP contribution in [0.2, 0.25) is 0 Å². The predicted molar refractivity (Wildman–Crippen MR) is 106 cm³/mol. The van der Waals surface area contributed by atoms with Crippen LogP contribution in [0.4, 0.5) is 0 Å². The lowest BCUT2D eigenvalue weighted by Crippen LogP contribution is -2.35. The van der Waals surface area contributed by atoms with E-state index in [4.69, 9.17) is 4.74 Å². The first-order valence-corrected chi connectivity index (χ1v) is 11.2. The maximum atomic E-state index is 12.9. The standard InChI is InChI=1S/C23H36O4/c1-23(16-24)20(21(26)22(27-23)18-13-6-3-7-14-18)19(25)15-9-8-12-17-10-4-2-5-11-17/h16-18,22,26H,2-15H2,1H3. The molecule has 2 saturated carbocycles. The first-order valence-electron chi connectivity index (χ1n) is 11.2. The van der Waals surface area contributed by atoms with Gasteiger partial charge in [0.15, 0.2) is 17.7 Å². The molecule has 0 bridgehead atoms. The van der Waals surface area contributed by atoms with Crippen molar-refractivity contribution in [3.63, 3.8) is 0 Å². The number of Topliss-reactive ketones (excluding diaryl/α,β-unsaturated/α-hetero) is 1. The fourth-order valence-electron chi connectivity index (χ4n) is 5.36. The van der Waals surface area contributed by atoms with Gasteiger partial charge in [0.05, 0.1) is 5.57 Å². The average Bonchev–Trinajstić information content (AvgIpc) is 2.98. The number of unbranched alkanes of at least 4 members (excludes halogenated alkanes) is 1. The van der Waals surface area contributed by atoms with Crippen LogP contribution < -0.4 is 0 Å². The fraction of sp³-hybridized carbons (Fsp3) is 0.826. The minimum absolute atomic E-state index is 0.0359. The molecular weight excluding hydrogens is 340 g/mol. The number of aliphatic hydroxyl groups is 1. The van der Waals surface area contributed by atoms with Crippen molar-refractivity contribution < 1.29 is 19.4 Å². The lowest BCUT2D eigenvalue weighted by atomic mass is 9.83. The first-order chi connectivity index (χ1) is 13.0. The Hall–Kier alpha value is -1.16. The quantitative estimate of drug-likeness (QED) is 0.452. The van der Waals surface area contributed by atoms with Gasteiger partial charge in [-0.2, -0.15) is 0 Å². The minimum atomic E-state index is -1.29. The van der Waals surface area contributed by atoms with Crippen molar-refractivity contribution in [2.75, 3.05) is 0 Å². The SMILES string of the molecule is CC1(C=O)OC(C2CCCCC2)C(O)=C1C(=O)CCCCC1CCCCC1. The molecule has 1 N–H and O–H groups in total. The number of hydrogen-bond donors (Lipinski definition) is 1. The van der Waals surface area contributed by atoms with Gasteiger partial charge in [-0.15, -0.1) is 0 Å². The summed E-state index contributed by atoms with van der Waals surface area (Å²) in [5.74, 6) is 0.972. The molecule has 152 valence electrons. The summed E-state index contributed by atoms with van der Waals surface area (Å²) in [5.41, 5.74) is -1.06. The Bertz CT molecular complexity index is 555. The summed E-state index contributed by atoms with van der Waals surface area (Å²) in [6.07, 6.45) is 15.9. The zero-order valence-electron chi connectivity index (χ0n) is 16.9. The molecule has 4 heteroatoms. The molecule has 1 aliphatic heterocycles. The second-order valence-electron chi connectivity index (χ2n) is 9.09. The average molecular weight is 377 g/mol. The Kier molecular flexibility index (Phi) is 7.13. The maximum Gasteiger partial charge on any atom is 0.165 e. The van der Waals surface area contributed by atoms with Gasteiger partial charge in [-0.1, -0.05) is 64.2 Å². The van der Waals surface area contributed by atoms with E-state index in [1.807, 2.05) is 0 Å². The van der Waals surface area contributed by atoms with Crippen LogP contribution in [0.25, 0.3) is 0 Å². The molecule has 2 fully saturated rings. The number of rotatable bonds is 8. The summed E-state index contributed by atoms with van der Waals surface area (Å²) < 4.78 is 5.97. The van der Waals surface area contributed by atoms with Crippen molar-refractivity contribution in [1.29, 1.82) is 0 Å². The monoisotopic (exact) mass is 376 g/mol. The summed E-state index contributed by atoms with van der Waals surface area (Å²) in [7, 11) is 0. The lowest BCUT2D eigenvalue weighted by Gasteiger charge is -2.29. The first kappa shape index (κ1) is 20.6. The molecule has 2 unspecified atom stereocenters. The van der Waals surface area contributed by atoms with Gasteiger partial charge in [0.1, 0.15) is 11.9 Å². The second-order valence-corrected chi connectivity index (χ2v) is 9.09. The van der Waals surface area contributed by atoms with Gasteiger partial charge in [0.2, 0.25) is 0 Å². The van der Waals surface area contributed by atoms with E-state index >= 15 is 0 Å². The normalized spacial score (nSPS) is 30.6. The molecular formula is C23H36O4. The van der Waals surface area contributed by atoms with Gasteiger partial charge in [-0.25, -0.2) is 0 Å². The third kappa shape index (κ3) is 4.82. The third-order valence-corrected chi connectivity index (χ3v) is 6.97. The number of carbonyl (C=O) groups is 2. The Morgan fingerprint density at radius 2 is 1.70 bits per heavy atom. The largest absolute Gasteiger partial charge is 0.509 e. The number of carbonyl (C=O) groups excluding carboxylic acids is 2.